The highest BCUT2D eigenvalue weighted by molar-refractivity contribution is 5.95. The van der Waals surface area contributed by atoms with E-state index in [9.17, 15) is 9.59 Å². The van der Waals surface area contributed by atoms with Gasteiger partial charge in [-0.05, 0) is 62.6 Å². The number of amides is 2. The molecule has 2 amide bonds. The fourth-order valence-corrected chi connectivity index (χ4v) is 2.55. The quantitative estimate of drug-likeness (QED) is 0.558. The minimum atomic E-state index is -0.161. The topological polar surface area (TPSA) is 79.5 Å². The normalized spacial score (nSPS) is 10.7. The van der Waals surface area contributed by atoms with Crippen LogP contribution in [0.25, 0.3) is 0 Å². The van der Waals surface area contributed by atoms with Gasteiger partial charge in [0.1, 0.15) is 5.75 Å². The zero-order valence-electron chi connectivity index (χ0n) is 17.6. The Morgan fingerprint density at radius 3 is 2.34 bits per heavy atom. The third-order valence-electron chi connectivity index (χ3n) is 4.10. The number of nitrogens with one attached hydrogen (secondary N) is 3. The Labute approximate surface area is 173 Å². The molecule has 0 spiro atoms. The Kier molecular flexibility index (Phi) is 8.52. The largest absolute Gasteiger partial charge is 0.494 e. The highest BCUT2D eigenvalue weighted by Crippen LogP contribution is 2.18. The third-order valence-corrected chi connectivity index (χ3v) is 4.10. The van der Waals surface area contributed by atoms with Crippen molar-refractivity contribution in [3.63, 3.8) is 0 Å². The lowest BCUT2D eigenvalue weighted by Crippen LogP contribution is -2.30. The van der Waals surface area contributed by atoms with E-state index in [0.29, 0.717) is 23.8 Å². The average molecular weight is 398 g/mol. The smallest absolute Gasteiger partial charge is 0.251 e. The Balaban J connectivity index is 1.81. The lowest BCUT2D eigenvalue weighted by molar-refractivity contribution is -0.114. The van der Waals surface area contributed by atoms with Crippen molar-refractivity contribution in [2.45, 2.75) is 40.2 Å². The van der Waals surface area contributed by atoms with Gasteiger partial charge in [-0.25, -0.2) is 0 Å². The highest BCUT2D eigenvalue weighted by atomic mass is 16.5. The first-order valence-corrected chi connectivity index (χ1v) is 10.0. The molecule has 0 unspecified atom stereocenters. The number of rotatable bonds is 10. The van der Waals surface area contributed by atoms with Gasteiger partial charge in [-0.15, -0.1) is 0 Å². The predicted molar refractivity (Wildman–Crippen MR) is 118 cm³/mol. The maximum atomic E-state index is 12.2. The molecular weight excluding hydrogens is 366 g/mol. The molecule has 29 heavy (non-hydrogen) atoms. The summed E-state index contributed by atoms with van der Waals surface area (Å²) in [7, 11) is 0. The summed E-state index contributed by atoms with van der Waals surface area (Å²) < 4.78 is 5.72. The molecule has 0 aliphatic rings. The molecule has 6 heteroatoms. The van der Waals surface area contributed by atoms with E-state index < -0.39 is 0 Å². The highest BCUT2D eigenvalue weighted by Gasteiger charge is 2.07. The summed E-state index contributed by atoms with van der Waals surface area (Å²) in [6.07, 6.45) is 0.985. The van der Waals surface area contributed by atoms with E-state index in [4.69, 9.17) is 4.74 Å². The van der Waals surface area contributed by atoms with Crippen LogP contribution in [0.5, 0.6) is 5.75 Å². The minimum absolute atomic E-state index is 0.0862. The molecule has 0 aromatic heterocycles. The summed E-state index contributed by atoms with van der Waals surface area (Å²) in [6, 6.07) is 14.5. The van der Waals surface area contributed by atoms with Crippen LogP contribution < -0.4 is 20.7 Å². The van der Waals surface area contributed by atoms with Crippen molar-refractivity contribution < 1.29 is 14.3 Å². The van der Waals surface area contributed by atoms with E-state index >= 15 is 0 Å². The molecule has 0 heterocycles. The van der Waals surface area contributed by atoms with Gasteiger partial charge in [0.2, 0.25) is 5.91 Å². The zero-order valence-corrected chi connectivity index (χ0v) is 17.6. The van der Waals surface area contributed by atoms with Crippen LogP contribution in [0.1, 0.15) is 44.5 Å². The van der Waals surface area contributed by atoms with Gasteiger partial charge in [0.25, 0.3) is 5.91 Å². The number of hydrogen-bond acceptors (Lipinski definition) is 4. The van der Waals surface area contributed by atoms with E-state index in [2.05, 4.69) is 29.8 Å². The SMILES string of the molecule is CC(C)CCOc1cccc(NC(=O)CNc2ccc(C(=O)NC(C)C)cc2)c1. The third kappa shape index (κ3) is 8.25. The van der Waals surface area contributed by atoms with Crippen LogP contribution in [-0.4, -0.2) is 31.0 Å². The first-order valence-electron chi connectivity index (χ1n) is 10.0. The van der Waals surface area contributed by atoms with Crippen LogP contribution in [0, 0.1) is 5.92 Å². The fourth-order valence-electron chi connectivity index (χ4n) is 2.55. The molecule has 0 bridgehead atoms. The maximum absolute atomic E-state index is 12.2. The Bertz CT molecular complexity index is 801. The molecule has 0 atom stereocenters. The molecule has 3 N–H and O–H groups in total. The number of benzene rings is 2. The maximum Gasteiger partial charge on any atom is 0.251 e. The van der Waals surface area contributed by atoms with Crippen molar-refractivity contribution in [3.8, 4) is 5.75 Å². The molecule has 2 rings (SSSR count). The number of carbonyl (C=O) groups is 2. The molecule has 0 radical (unpaired) electrons. The number of carbonyl (C=O) groups excluding carboxylic acids is 2. The van der Waals surface area contributed by atoms with Crippen molar-refractivity contribution >= 4 is 23.2 Å². The summed E-state index contributed by atoms with van der Waals surface area (Å²) >= 11 is 0. The average Bonchev–Trinajstić information content (AvgIpc) is 2.66. The zero-order chi connectivity index (χ0) is 21.2. The summed E-state index contributed by atoms with van der Waals surface area (Å²) in [4.78, 5) is 24.2. The molecule has 2 aromatic rings. The van der Waals surface area contributed by atoms with Crippen LogP contribution in [0.4, 0.5) is 11.4 Å². The molecule has 6 nitrogen and oxygen atoms in total. The van der Waals surface area contributed by atoms with Gasteiger partial charge < -0.3 is 20.7 Å². The number of ether oxygens (including phenoxy) is 1. The van der Waals surface area contributed by atoms with Crippen LogP contribution in [0.15, 0.2) is 48.5 Å². The van der Waals surface area contributed by atoms with E-state index in [-0.39, 0.29) is 24.4 Å². The molecule has 0 saturated carbocycles. The summed E-state index contributed by atoms with van der Waals surface area (Å²) in [5, 5.41) is 8.76. The van der Waals surface area contributed by atoms with Crippen molar-refractivity contribution in [2.75, 3.05) is 23.8 Å². The van der Waals surface area contributed by atoms with Crippen LogP contribution in [0.2, 0.25) is 0 Å². The first kappa shape index (κ1) is 22.3. The number of anilines is 2. The van der Waals surface area contributed by atoms with Crippen molar-refractivity contribution in [1.29, 1.82) is 0 Å². The van der Waals surface area contributed by atoms with Crippen LogP contribution >= 0.6 is 0 Å². The Morgan fingerprint density at radius 2 is 1.69 bits per heavy atom. The lowest BCUT2D eigenvalue weighted by atomic mass is 10.1. The van der Waals surface area contributed by atoms with Crippen LogP contribution in [-0.2, 0) is 4.79 Å². The monoisotopic (exact) mass is 397 g/mol. The molecule has 0 saturated heterocycles. The van der Waals surface area contributed by atoms with Crippen LogP contribution in [0.3, 0.4) is 0 Å². The number of hydrogen-bond donors (Lipinski definition) is 3. The van der Waals surface area contributed by atoms with E-state index in [1.807, 2.05) is 38.1 Å². The van der Waals surface area contributed by atoms with Crippen molar-refractivity contribution in [1.82, 2.24) is 5.32 Å². The molecule has 0 aliphatic heterocycles. The van der Waals surface area contributed by atoms with Gasteiger partial charge in [-0.3, -0.25) is 9.59 Å². The van der Waals surface area contributed by atoms with E-state index in [1.54, 1.807) is 24.3 Å². The fraction of sp³-hybridized carbons (Fsp3) is 0.391. The van der Waals surface area contributed by atoms with Gasteiger partial charge in [0.15, 0.2) is 0 Å². The van der Waals surface area contributed by atoms with Gasteiger partial charge in [-0.1, -0.05) is 19.9 Å². The summed E-state index contributed by atoms with van der Waals surface area (Å²) in [5.74, 6) is 1.06. The Morgan fingerprint density at radius 1 is 0.966 bits per heavy atom. The predicted octanol–water partition coefficient (Wildman–Crippen LogP) is 4.30. The summed E-state index contributed by atoms with van der Waals surface area (Å²) in [5.41, 5.74) is 2.05. The second kappa shape index (κ2) is 11.1. The first-order chi connectivity index (χ1) is 13.8. The minimum Gasteiger partial charge on any atom is -0.494 e. The van der Waals surface area contributed by atoms with Gasteiger partial charge in [0.05, 0.1) is 13.2 Å². The van der Waals surface area contributed by atoms with Gasteiger partial charge in [-0.2, -0.15) is 0 Å². The van der Waals surface area contributed by atoms with E-state index in [0.717, 1.165) is 17.9 Å². The Hall–Kier alpha value is -3.02. The molecular formula is C23H31N3O3. The lowest BCUT2D eigenvalue weighted by Gasteiger charge is -2.11. The standard InChI is InChI=1S/C23H31N3O3/c1-16(2)12-13-29-21-7-5-6-20(14-21)26-22(27)15-24-19-10-8-18(9-11-19)23(28)25-17(3)4/h5-11,14,16-17,24H,12-13,15H2,1-4H3,(H,25,28)(H,26,27). The van der Waals surface area contributed by atoms with Crippen molar-refractivity contribution in [3.05, 3.63) is 54.1 Å². The second-order valence-corrected chi connectivity index (χ2v) is 7.67. The van der Waals surface area contributed by atoms with Crippen molar-refractivity contribution in [2.24, 2.45) is 5.92 Å². The molecule has 2 aromatic carbocycles. The van der Waals surface area contributed by atoms with E-state index in [1.165, 1.54) is 0 Å². The van der Waals surface area contributed by atoms with Gasteiger partial charge in [0, 0.05) is 29.0 Å². The van der Waals surface area contributed by atoms with Gasteiger partial charge >= 0.3 is 0 Å². The molecule has 0 fully saturated rings. The molecule has 0 aliphatic carbocycles. The molecule has 156 valence electrons. The second-order valence-electron chi connectivity index (χ2n) is 7.67. The summed E-state index contributed by atoms with van der Waals surface area (Å²) in [6.45, 7) is 8.92.